The summed E-state index contributed by atoms with van der Waals surface area (Å²) in [5.41, 5.74) is 2.03. The second kappa shape index (κ2) is 6.88. The van der Waals surface area contributed by atoms with Crippen molar-refractivity contribution in [2.45, 2.75) is 91.7 Å². The van der Waals surface area contributed by atoms with Gasteiger partial charge in [0, 0.05) is 26.3 Å². The Hall–Kier alpha value is -1.32. The van der Waals surface area contributed by atoms with Crippen molar-refractivity contribution < 1.29 is 14.3 Å². The average molecular weight is 388 g/mol. The lowest BCUT2D eigenvalue weighted by molar-refractivity contribution is -0.148. The quantitative estimate of drug-likeness (QED) is 0.555. The molecule has 4 rings (SSSR count). The van der Waals surface area contributed by atoms with E-state index in [1.54, 1.807) is 12.5 Å². The predicted octanol–water partition coefficient (Wildman–Crippen LogP) is 4.63. The van der Waals surface area contributed by atoms with Gasteiger partial charge in [-0.2, -0.15) is 0 Å². The number of hydrogen-bond donors (Lipinski definition) is 1. The van der Waals surface area contributed by atoms with Crippen LogP contribution in [0.25, 0.3) is 0 Å². The minimum absolute atomic E-state index is 0.0675. The van der Waals surface area contributed by atoms with Crippen LogP contribution in [0.1, 0.15) is 79.6 Å². The van der Waals surface area contributed by atoms with Crippen LogP contribution < -0.4 is 5.32 Å². The van der Waals surface area contributed by atoms with Gasteiger partial charge in [-0.3, -0.25) is 9.59 Å². The predicted molar refractivity (Wildman–Crippen MR) is 109 cm³/mol. The number of carbonyl (C=O) groups is 2. The zero-order valence-corrected chi connectivity index (χ0v) is 18.2. The molecule has 1 amide bonds. The number of allylic oxidation sites excluding steroid dienone is 1. The van der Waals surface area contributed by atoms with Crippen LogP contribution in [0.3, 0.4) is 0 Å². The maximum Gasteiger partial charge on any atom is 0.302 e. The fourth-order valence-corrected chi connectivity index (χ4v) is 7.85. The molecule has 156 valence electrons. The highest BCUT2D eigenvalue weighted by Gasteiger charge is 2.60. The fourth-order valence-electron chi connectivity index (χ4n) is 7.85. The van der Waals surface area contributed by atoms with Crippen molar-refractivity contribution >= 4 is 11.9 Å². The number of hydrogen-bond acceptors (Lipinski definition) is 3. The van der Waals surface area contributed by atoms with Crippen LogP contribution in [0.2, 0.25) is 0 Å². The van der Waals surface area contributed by atoms with E-state index in [0.29, 0.717) is 17.9 Å². The summed E-state index contributed by atoms with van der Waals surface area (Å²) in [7, 11) is 0. The summed E-state index contributed by atoms with van der Waals surface area (Å²) in [6, 6.07) is 0.314. The molecule has 0 aromatic heterocycles. The van der Waals surface area contributed by atoms with Gasteiger partial charge in [0.25, 0.3) is 0 Å². The molecule has 0 unspecified atom stereocenters. The van der Waals surface area contributed by atoms with Crippen LogP contribution in [-0.2, 0) is 14.3 Å². The summed E-state index contributed by atoms with van der Waals surface area (Å²) in [5, 5.41) is 3.31. The maximum absolute atomic E-state index is 11.8. The number of fused-ring (bicyclic) bond motifs is 5. The van der Waals surface area contributed by atoms with Gasteiger partial charge in [-0.1, -0.05) is 32.4 Å². The molecule has 4 aliphatic rings. The second-order valence-electron chi connectivity index (χ2n) is 10.7. The van der Waals surface area contributed by atoms with Gasteiger partial charge < -0.3 is 10.1 Å². The summed E-state index contributed by atoms with van der Waals surface area (Å²) in [6.45, 7) is 10.4. The van der Waals surface area contributed by atoms with E-state index in [9.17, 15) is 9.59 Å². The van der Waals surface area contributed by atoms with E-state index in [1.165, 1.54) is 26.2 Å². The zero-order chi connectivity index (χ0) is 20.3. The third-order valence-electron chi connectivity index (χ3n) is 9.09. The summed E-state index contributed by atoms with van der Waals surface area (Å²) in [4.78, 5) is 23.2. The molecule has 0 heterocycles. The molecular formula is C24H37NO3. The van der Waals surface area contributed by atoms with Crippen molar-refractivity contribution in [2.75, 3.05) is 0 Å². The summed E-state index contributed by atoms with van der Waals surface area (Å²) in [5.74, 6) is 2.66. The molecule has 0 bridgehead atoms. The van der Waals surface area contributed by atoms with E-state index in [2.05, 4.69) is 32.2 Å². The summed E-state index contributed by atoms with van der Waals surface area (Å²) >= 11 is 0. The standard InChI is InChI=1S/C24H37NO3/c1-14-12-21-19-7-6-17-13-18(28-16(3)27)8-10-23(17,4)20(19)9-11-24(21,5)22(14)25-15(2)26/h6,14,18-22H,7-13H2,1-5H3,(H,25,26)/t14-,18+,19-,20+,21-,22-,23+,24+/m1/s1. The van der Waals surface area contributed by atoms with Crippen LogP contribution in [0.15, 0.2) is 11.6 Å². The third kappa shape index (κ3) is 3.02. The minimum atomic E-state index is -0.153. The van der Waals surface area contributed by atoms with Gasteiger partial charge in [0.05, 0.1) is 0 Å². The van der Waals surface area contributed by atoms with E-state index >= 15 is 0 Å². The first-order valence-corrected chi connectivity index (χ1v) is 11.3. The van der Waals surface area contributed by atoms with E-state index in [0.717, 1.165) is 37.5 Å². The Bertz CT molecular complexity index is 700. The monoisotopic (exact) mass is 387 g/mol. The molecule has 8 atom stereocenters. The zero-order valence-electron chi connectivity index (χ0n) is 18.2. The molecule has 0 saturated heterocycles. The molecule has 0 aromatic carbocycles. The van der Waals surface area contributed by atoms with Gasteiger partial charge in [-0.05, 0) is 73.0 Å². The van der Waals surface area contributed by atoms with Gasteiger partial charge in [0.2, 0.25) is 5.91 Å². The highest BCUT2D eigenvalue weighted by atomic mass is 16.5. The van der Waals surface area contributed by atoms with Gasteiger partial charge in [-0.25, -0.2) is 0 Å². The molecule has 1 N–H and O–H groups in total. The molecule has 3 fully saturated rings. The number of ether oxygens (including phenoxy) is 1. The van der Waals surface area contributed by atoms with Crippen molar-refractivity contribution in [2.24, 2.45) is 34.5 Å². The first-order valence-electron chi connectivity index (χ1n) is 11.3. The first-order chi connectivity index (χ1) is 13.1. The average Bonchev–Trinajstić information content (AvgIpc) is 2.85. The highest BCUT2D eigenvalue weighted by molar-refractivity contribution is 5.73. The molecule has 4 heteroatoms. The Labute approximate surface area is 169 Å². The van der Waals surface area contributed by atoms with Crippen molar-refractivity contribution in [3.63, 3.8) is 0 Å². The minimum Gasteiger partial charge on any atom is -0.462 e. The molecule has 4 aliphatic carbocycles. The topological polar surface area (TPSA) is 55.4 Å². The number of amides is 1. The number of rotatable bonds is 2. The third-order valence-corrected chi connectivity index (χ3v) is 9.09. The Morgan fingerprint density at radius 3 is 2.57 bits per heavy atom. The van der Waals surface area contributed by atoms with E-state index in [-0.39, 0.29) is 28.8 Å². The second-order valence-corrected chi connectivity index (χ2v) is 10.7. The van der Waals surface area contributed by atoms with Crippen LogP contribution in [0.5, 0.6) is 0 Å². The highest BCUT2D eigenvalue weighted by Crippen LogP contribution is 2.65. The van der Waals surface area contributed by atoms with E-state index in [1.807, 2.05) is 0 Å². The summed E-state index contributed by atoms with van der Waals surface area (Å²) in [6.07, 6.45) is 10.5. The largest absolute Gasteiger partial charge is 0.462 e. The molecule has 3 saturated carbocycles. The van der Waals surface area contributed by atoms with E-state index in [4.69, 9.17) is 4.74 Å². The van der Waals surface area contributed by atoms with Crippen molar-refractivity contribution in [1.82, 2.24) is 5.32 Å². The Morgan fingerprint density at radius 2 is 1.89 bits per heavy atom. The van der Waals surface area contributed by atoms with Crippen LogP contribution in [-0.4, -0.2) is 24.0 Å². The van der Waals surface area contributed by atoms with Gasteiger partial charge in [0.15, 0.2) is 0 Å². The molecule has 0 aliphatic heterocycles. The van der Waals surface area contributed by atoms with Gasteiger partial charge in [0.1, 0.15) is 6.10 Å². The normalized spacial score (nSPS) is 47.2. The maximum atomic E-state index is 11.8. The lowest BCUT2D eigenvalue weighted by Crippen LogP contribution is -2.54. The molecule has 0 radical (unpaired) electrons. The van der Waals surface area contributed by atoms with Crippen molar-refractivity contribution in [3.05, 3.63) is 11.6 Å². The number of carbonyl (C=O) groups excluding carboxylic acids is 2. The first kappa shape index (κ1) is 20.0. The van der Waals surface area contributed by atoms with Crippen LogP contribution >= 0.6 is 0 Å². The molecular weight excluding hydrogens is 350 g/mol. The molecule has 28 heavy (non-hydrogen) atoms. The Balaban J connectivity index is 1.58. The Kier molecular flexibility index (Phi) is 4.91. The van der Waals surface area contributed by atoms with Crippen molar-refractivity contribution in [1.29, 1.82) is 0 Å². The summed E-state index contributed by atoms with van der Waals surface area (Å²) < 4.78 is 5.55. The van der Waals surface area contributed by atoms with Crippen molar-refractivity contribution in [3.8, 4) is 0 Å². The van der Waals surface area contributed by atoms with Gasteiger partial charge in [-0.15, -0.1) is 0 Å². The molecule has 4 nitrogen and oxygen atoms in total. The smallest absolute Gasteiger partial charge is 0.302 e. The van der Waals surface area contributed by atoms with Gasteiger partial charge >= 0.3 is 5.97 Å². The lowest BCUT2D eigenvalue weighted by atomic mass is 9.48. The fraction of sp³-hybridized carbons (Fsp3) is 0.833. The lowest BCUT2D eigenvalue weighted by Gasteiger charge is -2.58. The molecule has 0 spiro atoms. The van der Waals surface area contributed by atoms with Crippen LogP contribution in [0.4, 0.5) is 0 Å². The molecule has 0 aromatic rings. The Morgan fingerprint density at radius 1 is 1.14 bits per heavy atom. The SMILES string of the molecule is CC(=O)N[C@@H]1[C@H](C)C[C@@H]2[C@@H]3CC=C4C[C@@H](OC(C)=O)CC[C@]4(C)[C@H]3CC[C@@]21C. The number of esters is 1. The number of nitrogens with one attached hydrogen (secondary N) is 1. The van der Waals surface area contributed by atoms with E-state index < -0.39 is 0 Å². The van der Waals surface area contributed by atoms with Crippen LogP contribution in [0, 0.1) is 34.5 Å².